The fourth-order valence-electron chi connectivity index (χ4n) is 2.99. The molecule has 2 amide bonds. The van der Waals surface area contributed by atoms with Crippen molar-refractivity contribution in [2.45, 2.75) is 24.7 Å². The van der Waals surface area contributed by atoms with Crippen molar-refractivity contribution in [1.29, 1.82) is 0 Å². The Morgan fingerprint density at radius 2 is 1.87 bits per heavy atom. The van der Waals surface area contributed by atoms with Gasteiger partial charge in [-0.25, -0.2) is 9.78 Å². The van der Waals surface area contributed by atoms with Crippen molar-refractivity contribution in [3.05, 3.63) is 76.8 Å². The highest BCUT2D eigenvalue weighted by atomic mass is 32.2. The SMILES string of the molecule is CC(OC(=O)c1ccc(CC2SC(=O)NC2=O)cc1)c1csc(-c2ccccc2)n1. The molecule has 2 aromatic carbocycles. The van der Waals surface area contributed by atoms with Crippen LogP contribution >= 0.6 is 23.1 Å². The Hall–Kier alpha value is -2.97. The third-order valence-electron chi connectivity index (χ3n) is 4.62. The van der Waals surface area contributed by atoms with Gasteiger partial charge >= 0.3 is 5.97 Å². The Kier molecular flexibility index (Phi) is 5.96. The van der Waals surface area contributed by atoms with E-state index in [0.29, 0.717) is 17.7 Å². The smallest absolute Gasteiger partial charge is 0.338 e. The maximum absolute atomic E-state index is 12.5. The predicted molar refractivity (Wildman–Crippen MR) is 116 cm³/mol. The second-order valence-electron chi connectivity index (χ2n) is 6.78. The molecule has 0 aliphatic carbocycles. The molecular formula is C22H18N2O4S2. The molecule has 30 heavy (non-hydrogen) atoms. The molecule has 1 saturated heterocycles. The summed E-state index contributed by atoms with van der Waals surface area (Å²) in [7, 11) is 0. The Morgan fingerprint density at radius 3 is 2.53 bits per heavy atom. The van der Waals surface area contributed by atoms with Crippen LogP contribution in [0.4, 0.5) is 4.79 Å². The zero-order valence-corrected chi connectivity index (χ0v) is 17.7. The van der Waals surface area contributed by atoms with Gasteiger partial charge in [0.25, 0.3) is 5.24 Å². The number of thioether (sulfide) groups is 1. The van der Waals surface area contributed by atoms with Crippen LogP contribution in [0.5, 0.6) is 0 Å². The number of thiazole rings is 1. The number of hydrogen-bond donors (Lipinski definition) is 1. The van der Waals surface area contributed by atoms with Crippen molar-refractivity contribution in [1.82, 2.24) is 10.3 Å². The highest BCUT2D eigenvalue weighted by Gasteiger charge is 2.31. The van der Waals surface area contributed by atoms with Gasteiger partial charge in [-0.3, -0.25) is 14.9 Å². The molecule has 2 heterocycles. The van der Waals surface area contributed by atoms with Crippen molar-refractivity contribution in [2.75, 3.05) is 0 Å². The van der Waals surface area contributed by atoms with Gasteiger partial charge in [-0.1, -0.05) is 54.2 Å². The molecule has 1 fully saturated rings. The molecule has 1 aromatic heterocycles. The molecule has 0 saturated carbocycles. The molecular weight excluding hydrogens is 420 g/mol. The standard InChI is InChI=1S/C22H18N2O4S2/c1-13(17-12-29-20(23-17)15-5-3-2-4-6-15)28-21(26)16-9-7-14(8-10-16)11-18-19(25)24-22(27)30-18/h2-10,12-13,18H,11H2,1H3,(H,24,25,27). The van der Waals surface area contributed by atoms with E-state index >= 15 is 0 Å². The fraction of sp³-hybridized carbons (Fsp3) is 0.182. The second-order valence-corrected chi connectivity index (χ2v) is 8.81. The Balaban J connectivity index is 1.37. The first-order valence-electron chi connectivity index (χ1n) is 9.32. The topological polar surface area (TPSA) is 85.4 Å². The van der Waals surface area contributed by atoms with Crippen LogP contribution < -0.4 is 5.32 Å². The van der Waals surface area contributed by atoms with Gasteiger partial charge in [-0.2, -0.15) is 0 Å². The minimum absolute atomic E-state index is 0.277. The first-order chi connectivity index (χ1) is 14.5. The monoisotopic (exact) mass is 438 g/mol. The average molecular weight is 439 g/mol. The molecule has 0 radical (unpaired) electrons. The number of ether oxygens (including phenoxy) is 1. The van der Waals surface area contributed by atoms with Gasteiger partial charge in [0.2, 0.25) is 5.91 Å². The highest BCUT2D eigenvalue weighted by molar-refractivity contribution is 8.15. The summed E-state index contributed by atoms with van der Waals surface area (Å²) >= 11 is 2.50. The van der Waals surface area contributed by atoms with Gasteiger partial charge in [0, 0.05) is 10.9 Å². The van der Waals surface area contributed by atoms with E-state index in [2.05, 4.69) is 10.3 Å². The molecule has 2 atom stereocenters. The maximum Gasteiger partial charge on any atom is 0.338 e. The lowest BCUT2D eigenvalue weighted by Crippen LogP contribution is -2.25. The molecule has 3 aromatic rings. The van der Waals surface area contributed by atoms with Crippen LogP contribution in [0.2, 0.25) is 0 Å². The van der Waals surface area contributed by atoms with Gasteiger partial charge in [-0.05, 0) is 31.0 Å². The molecule has 1 aliphatic rings. The summed E-state index contributed by atoms with van der Waals surface area (Å²) in [4.78, 5) is 40.0. The summed E-state index contributed by atoms with van der Waals surface area (Å²) in [6, 6.07) is 16.7. The quantitative estimate of drug-likeness (QED) is 0.565. The van der Waals surface area contributed by atoms with Gasteiger partial charge in [0.05, 0.1) is 16.5 Å². The summed E-state index contributed by atoms with van der Waals surface area (Å²) in [5, 5.41) is 4.30. The summed E-state index contributed by atoms with van der Waals surface area (Å²) in [5.41, 5.74) is 3.02. The molecule has 1 N–H and O–H groups in total. The molecule has 1 aliphatic heterocycles. The average Bonchev–Trinajstić information content (AvgIpc) is 3.36. The number of carbonyl (C=O) groups excluding carboxylic acids is 3. The molecule has 152 valence electrons. The minimum Gasteiger partial charge on any atom is -0.453 e. The number of aromatic nitrogens is 1. The summed E-state index contributed by atoms with van der Waals surface area (Å²) in [5.74, 6) is -0.716. The van der Waals surface area contributed by atoms with Crippen molar-refractivity contribution < 1.29 is 19.1 Å². The minimum atomic E-state index is -0.476. The molecule has 0 bridgehead atoms. The Labute approximate surface area is 181 Å². The highest BCUT2D eigenvalue weighted by Crippen LogP contribution is 2.28. The Morgan fingerprint density at radius 1 is 1.13 bits per heavy atom. The van der Waals surface area contributed by atoms with E-state index in [1.807, 2.05) is 35.7 Å². The maximum atomic E-state index is 12.5. The van der Waals surface area contributed by atoms with E-state index in [9.17, 15) is 14.4 Å². The van der Waals surface area contributed by atoms with Gasteiger partial charge in [0.15, 0.2) is 0 Å². The summed E-state index contributed by atoms with van der Waals surface area (Å²) < 4.78 is 5.57. The van der Waals surface area contributed by atoms with E-state index in [0.717, 1.165) is 27.9 Å². The van der Waals surface area contributed by atoms with E-state index in [1.54, 1.807) is 31.2 Å². The molecule has 0 spiro atoms. The normalized spacial score (nSPS) is 16.9. The molecule has 6 nitrogen and oxygen atoms in total. The number of amides is 2. The van der Waals surface area contributed by atoms with Crippen LogP contribution in [0.1, 0.15) is 34.6 Å². The third kappa shape index (κ3) is 4.60. The van der Waals surface area contributed by atoms with Crippen LogP contribution in [0.3, 0.4) is 0 Å². The number of carbonyl (C=O) groups is 3. The largest absolute Gasteiger partial charge is 0.453 e. The van der Waals surface area contributed by atoms with Crippen LogP contribution in [-0.2, 0) is 16.0 Å². The zero-order valence-electron chi connectivity index (χ0n) is 16.0. The van der Waals surface area contributed by atoms with Crippen molar-refractivity contribution in [3.8, 4) is 10.6 Å². The van der Waals surface area contributed by atoms with Gasteiger partial charge in [-0.15, -0.1) is 11.3 Å². The van der Waals surface area contributed by atoms with E-state index in [4.69, 9.17) is 4.74 Å². The lowest BCUT2D eigenvalue weighted by molar-refractivity contribution is -0.118. The van der Waals surface area contributed by atoms with Crippen LogP contribution in [-0.4, -0.2) is 27.3 Å². The zero-order chi connectivity index (χ0) is 21.1. The molecule has 2 unspecified atom stereocenters. The fourth-order valence-corrected chi connectivity index (χ4v) is 4.76. The van der Waals surface area contributed by atoms with Crippen LogP contribution in [0.25, 0.3) is 10.6 Å². The lowest BCUT2D eigenvalue weighted by atomic mass is 10.1. The molecule has 4 rings (SSSR count). The van der Waals surface area contributed by atoms with E-state index in [1.165, 1.54) is 11.3 Å². The third-order valence-corrected chi connectivity index (χ3v) is 6.51. The predicted octanol–water partition coefficient (Wildman–Crippen LogP) is 4.62. The summed E-state index contributed by atoms with van der Waals surface area (Å²) in [6.07, 6.45) is -0.0508. The first kappa shape index (κ1) is 20.3. The lowest BCUT2D eigenvalue weighted by Gasteiger charge is -2.11. The number of rotatable bonds is 6. The van der Waals surface area contributed by atoms with E-state index < -0.39 is 17.3 Å². The van der Waals surface area contributed by atoms with Crippen molar-refractivity contribution >= 4 is 40.2 Å². The van der Waals surface area contributed by atoms with Crippen LogP contribution in [0, 0.1) is 0 Å². The first-order valence-corrected chi connectivity index (χ1v) is 11.1. The Bertz CT molecular complexity index is 1080. The van der Waals surface area contributed by atoms with E-state index in [-0.39, 0.29) is 11.1 Å². The second kappa shape index (κ2) is 8.81. The number of imide groups is 1. The van der Waals surface area contributed by atoms with Crippen molar-refractivity contribution in [3.63, 3.8) is 0 Å². The number of esters is 1. The van der Waals surface area contributed by atoms with Crippen LogP contribution in [0.15, 0.2) is 60.0 Å². The summed E-state index contributed by atoms with van der Waals surface area (Å²) in [6.45, 7) is 1.79. The molecule has 8 heteroatoms. The van der Waals surface area contributed by atoms with Gasteiger partial charge < -0.3 is 4.74 Å². The number of benzene rings is 2. The van der Waals surface area contributed by atoms with Crippen molar-refractivity contribution in [2.24, 2.45) is 0 Å². The number of nitrogens with one attached hydrogen (secondary N) is 1. The van der Waals surface area contributed by atoms with Gasteiger partial charge in [0.1, 0.15) is 11.1 Å². The number of nitrogens with zero attached hydrogens (tertiary/aromatic N) is 1. The number of hydrogen-bond acceptors (Lipinski definition) is 7.